The predicted octanol–water partition coefficient (Wildman–Crippen LogP) is 4.36. The molecule has 0 unspecified atom stereocenters. The highest BCUT2D eigenvalue weighted by Gasteiger charge is 2.31. The van der Waals surface area contributed by atoms with Crippen LogP contribution >= 0.6 is 0 Å². The van der Waals surface area contributed by atoms with Gasteiger partial charge in [-0.3, -0.25) is 4.79 Å². The zero-order valence-electron chi connectivity index (χ0n) is 24.0. The molecule has 1 aliphatic carbocycles. The molecule has 0 N–H and O–H groups in total. The second-order valence-corrected chi connectivity index (χ2v) is 13.7. The van der Waals surface area contributed by atoms with Crippen molar-refractivity contribution in [2.75, 3.05) is 61.0 Å². The maximum atomic E-state index is 13.2. The lowest BCUT2D eigenvalue weighted by Gasteiger charge is -2.39. The number of likely N-dealkylation sites (tertiary alicyclic amines) is 1. The standard InChI is InChI=1S/C29H49N3O4S/c1-22-19-28(36-6)20-23(2)29(22)37(34,35)31(5)14-13-27(33)21-24-7-9-25(10-8-24)26-11-15-32(16-12-26)18-17-30(3)4/h19-20,24-26H,7-18,21H2,1-6H3. The molecule has 8 heteroatoms. The summed E-state index contributed by atoms with van der Waals surface area (Å²) in [5.41, 5.74) is 1.32. The molecule has 0 spiro atoms. The van der Waals surface area contributed by atoms with E-state index in [4.69, 9.17) is 4.74 Å². The number of carbonyl (C=O) groups is 1. The molecule has 37 heavy (non-hydrogen) atoms. The van der Waals surface area contributed by atoms with Crippen LogP contribution < -0.4 is 4.74 Å². The van der Waals surface area contributed by atoms with Crippen molar-refractivity contribution < 1.29 is 17.9 Å². The van der Waals surface area contributed by atoms with Crippen molar-refractivity contribution in [1.82, 2.24) is 14.1 Å². The quantitative estimate of drug-likeness (QED) is 0.396. The Morgan fingerprint density at radius 3 is 2.05 bits per heavy atom. The number of Topliss-reactive ketones (excluding diaryl/α,β-unsaturated/α-hetero) is 1. The summed E-state index contributed by atoms with van der Waals surface area (Å²) in [6.45, 7) is 8.54. The summed E-state index contributed by atoms with van der Waals surface area (Å²) >= 11 is 0. The molecule has 1 saturated heterocycles. The third-order valence-electron chi connectivity index (χ3n) is 8.61. The minimum absolute atomic E-state index is 0.183. The number of ketones is 1. The number of nitrogens with zero attached hydrogens (tertiary/aromatic N) is 3. The fourth-order valence-corrected chi connectivity index (χ4v) is 7.85. The van der Waals surface area contributed by atoms with Gasteiger partial charge in [0.15, 0.2) is 0 Å². The molecular formula is C29H49N3O4S. The van der Waals surface area contributed by atoms with Gasteiger partial charge in [0.05, 0.1) is 12.0 Å². The maximum absolute atomic E-state index is 13.2. The van der Waals surface area contributed by atoms with Gasteiger partial charge in [-0.1, -0.05) is 0 Å². The van der Waals surface area contributed by atoms with Gasteiger partial charge in [0.1, 0.15) is 11.5 Å². The first kappa shape index (κ1) is 30.1. The number of hydrogen-bond acceptors (Lipinski definition) is 6. The summed E-state index contributed by atoms with van der Waals surface area (Å²) in [5.74, 6) is 2.94. The van der Waals surface area contributed by atoms with Gasteiger partial charge in [0.2, 0.25) is 10.0 Å². The van der Waals surface area contributed by atoms with E-state index in [1.54, 1.807) is 40.1 Å². The summed E-state index contributed by atoms with van der Waals surface area (Å²) < 4.78 is 33.0. The van der Waals surface area contributed by atoms with E-state index in [1.807, 2.05) is 0 Å². The van der Waals surface area contributed by atoms with Crippen LogP contribution in [0, 0.1) is 31.6 Å². The van der Waals surface area contributed by atoms with E-state index >= 15 is 0 Å². The molecule has 2 aliphatic rings. The number of rotatable bonds is 12. The molecule has 0 bridgehead atoms. The van der Waals surface area contributed by atoms with Crippen LogP contribution in [0.25, 0.3) is 0 Å². The Hall–Kier alpha value is -1.48. The highest BCUT2D eigenvalue weighted by molar-refractivity contribution is 7.89. The Labute approximate surface area is 225 Å². The van der Waals surface area contributed by atoms with Crippen molar-refractivity contribution in [3.8, 4) is 5.75 Å². The molecule has 210 valence electrons. The molecule has 0 atom stereocenters. The average Bonchev–Trinajstić information content (AvgIpc) is 2.86. The number of benzene rings is 1. The van der Waals surface area contributed by atoms with Gasteiger partial charge in [-0.25, -0.2) is 12.7 Å². The molecule has 0 radical (unpaired) electrons. The zero-order valence-corrected chi connectivity index (χ0v) is 24.8. The van der Waals surface area contributed by atoms with Crippen LogP contribution in [0.3, 0.4) is 0 Å². The van der Waals surface area contributed by atoms with E-state index in [-0.39, 0.29) is 18.7 Å². The van der Waals surface area contributed by atoms with Crippen molar-refractivity contribution >= 4 is 15.8 Å². The Balaban J connectivity index is 1.41. The molecule has 1 aromatic rings. The summed E-state index contributed by atoms with van der Waals surface area (Å²) in [6.07, 6.45) is 8.24. The number of methoxy groups -OCH3 is 1. The second-order valence-electron chi connectivity index (χ2n) is 11.7. The molecule has 0 amide bonds. The van der Waals surface area contributed by atoms with E-state index in [0.717, 1.165) is 31.2 Å². The van der Waals surface area contributed by atoms with Crippen molar-refractivity contribution in [3.63, 3.8) is 0 Å². The second kappa shape index (κ2) is 13.5. The first-order chi connectivity index (χ1) is 17.5. The monoisotopic (exact) mass is 535 g/mol. The normalized spacial score (nSPS) is 22.1. The molecule has 2 fully saturated rings. The van der Waals surface area contributed by atoms with Crippen LogP contribution in [0.15, 0.2) is 17.0 Å². The molecule has 1 heterocycles. The van der Waals surface area contributed by atoms with Crippen LogP contribution in [-0.2, 0) is 14.8 Å². The third kappa shape index (κ3) is 8.25. The van der Waals surface area contributed by atoms with Crippen LogP contribution in [0.4, 0.5) is 0 Å². The van der Waals surface area contributed by atoms with Crippen LogP contribution in [0.2, 0.25) is 0 Å². The van der Waals surface area contributed by atoms with Gasteiger partial charge < -0.3 is 14.5 Å². The van der Waals surface area contributed by atoms with Gasteiger partial charge in [0.25, 0.3) is 0 Å². The molecule has 1 saturated carbocycles. The minimum Gasteiger partial charge on any atom is -0.497 e. The van der Waals surface area contributed by atoms with Crippen LogP contribution in [0.1, 0.15) is 62.5 Å². The lowest BCUT2D eigenvalue weighted by Crippen LogP contribution is -2.40. The Morgan fingerprint density at radius 1 is 0.946 bits per heavy atom. The van der Waals surface area contributed by atoms with Crippen molar-refractivity contribution in [2.24, 2.45) is 17.8 Å². The number of ether oxygens (including phenoxy) is 1. The van der Waals surface area contributed by atoms with Crippen LogP contribution in [0.5, 0.6) is 5.75 Å². The number of likely N-dealkylation sites (N-methyl/N-ethyl adjacent to an activating group) is 1. The van der Waals surface area contributed by atoms with Gasteiger partial charge >= 0.3 is 0 Å². The smallest absolute Gasteiger partial charge is 0.243 e. The van der Waals surface area contributed by atoms with Gasteiger partial charge in [-0.05, 0) is 121 Å². The third-order valence-corrected chi connectivity index (χ3v) is 10.8. The Kier molecular flexibility index (Phi) is 11.0. The predicted molar refractivity (Wildman–Crippen MR) is 150 cm³/mol. The van der Waals surface area contributed by atoms with E-state index in [2.05, 4.69) is 23.9 Å². The number of carbonyl (C=O) groups excluding carboxylic acids is 1. The lowest BCUT2D eigenvalue weighted by molar-refractivity contribution is -0.120. The summed E-state index contributed by atoms with van der Waals surface area (Å²) in [7, 11) is 3.76. The van der Waals surface area contributed by atoms with Crippen LogP contribution in [-0.4, -0.2) is 89.3 Å². The van der Waals surface area contributed by atoms with Gasteiger partial charge in [-0.15, -0.1) is 0 Å². The van der Waals surface area contributed by atoms with Crippen molar-refractivity contribution in [3.05, 3.63) is 23.3 Å². The topological polar surface area (TPSA) is 70.2 Å². The van der Waals surface area contributed by atoms with E-state index < -0.39 is 10.0 Å². The van der Waals surface area contributed by atoms with E-state index in [9.17, 15) is 13.2 Å². The minimum atomic E-state index is -3.67. The first-order valence-corrected chi connectivity index (χ1v) is 15.5. The largest absolute Gasteiger partial charge is 0.497 e. The summed E-state index contributed by atoms with van der Waals surface area (Å²) in [5, 5.41) is 0. The Bertz CT molecular complexity index is 971. The lowest BCUT2D eigenvalue weighted by atomic mass is 9.72. The molecule has 7 nitrogen and oxygen atoms in total. The highest BCUT2D eigenvalue weighted by atomic mass is 32.2. The molecular weight excluding hydrogens is 486 g/mol. The fourth-order valence-electron chi connectivity index (χ4n) is 6.27. The SMILES string of the molecule is COc1cc(C)c(S(=O)(=O)N(C)CCC(=O)CC2CCC(C3CCN(CCN(C)C)CC3)CC2)c(C)c1. The number of piperidine rings is 1. The number of hydrogen-bond donors (Lipinski definition) is 0. The van der Waals surface area contributed by atoms with Gasteiger partial charge in [-0.2, -0.15) is 0 Å². The van der Waals surface area contributed by atoms with E-state index in [0.29, 0.717) is 34.1 Å². The molecule has 0 aromatic heterocycles. The maximum Gasteiger partial charge on any atom is 0.243 e. The Morgan fingerprint density at radius 2 is 1.51 bits per heavy atom. The van der Waals surface area contributed by atoms with Crippen molar-refractivity contribution in [1.29, 1.82) is 0 Å². The van der Waals surface area contributed by atoms with Gasteiger partial charge in [0, 0.05) is 39.5 Å². The first-order valence-electron chi connectivity index (χ1n) is 14.0. The summed E-state index contributed by atoms with van der Waals surface area (Å²) in [6, 6.07) is 3.48. The van der Waals surface area contributed by atoms with E-state index in [1.165, 1.54) is 49.6 Å². The molecule has 1 aromatic carbocycles. The highest BCUT2D eigenvalue weighted by Crippen LogP contribution is 2.39. The number of aryl methyl sites for hydroxylation is 2. The average molecular weight is 536 g/mol. The summed E-state index contributed by atoms with van der Waals surface area (Å²) in [4.78, 5) is 18.0. The molecule has 1 aliphatic heterocycles. The zero-order chi connectivity index (χ0) is 27.2. The number of sulfonamides is 1. The van der Waals surface area contributed by atoms with Crippen molar-refractivity contribution in [2.45, 2.75) is 70.1 Å². The fraction of sp³-hybridized carbons (Fsp3) is 0.759. The molecule has 3 rings (SSSR count).